The third-order valence-electron chi connectivity index (χ3n) is 4.35. The summed E-state index contributed by atoms with van der Waals surface area (Å²) in [6.07, 6.45) is 1.34. The number of carbonyl (C=O) groups is 2. The molecule has 2 aromatic rings. The van der Waals surface area contributed by atoms with E-state index >= 15 is 0 Å². The first kappa shape index (κ1) is 19.0. The molecule has 1 aromatic heterocycles. The van der Waals surface area contributed by atoms with Gasteiger partial charge in [-0.2, -0.15) is 0 Å². The Morgan fingerprint density at radius 3 is 2.70 bits per heavy atom. The van der Waals surface area contributed by atoms with Crippen LogP contribution in [0.3, 0.4) is 0 Å². The normalized spacial score (nSPS) is 14.8. The molecule has 2 amide bonds. The number of para-hydroxylation sites is 1. The van der Waals surface area contributed by atoms with E-state index < -0.39 is 5.91 Å². The lowest BCUT2D eigenvalue weighted by molar-refractivity contribution is -0.126. The van der Waals surface area contributed by atoms with Crippen LogP contribution in [0, 0.1) is 0 Å². The van der Waals surface area contributed by atoms with Crippen molar-refractivity contribution in [2.45, 2.75) is 6.54 Å². The van der Waals surface area contributed by atoms with E-state index in [2.05, 4.69) is 20.5 Å². The molecular weight excluding hydrogens is 350 g/mol. The summed E-state index contributed by atoms with van der Waals surface area (Å²) < 4.78 is 6.50. The number of rotatable bonds is 7. The molecule has 1 fully saturated rings. The van der Waals surface area contributed by atoms with Crippen molar-refractivity contribution in [1.29, 1.82) is 0 Å². The number of nitrogens with zero attached hydrogens (tertiary/aromatic N) is 3. The highest BCUT2D eigenvalue weighted by atomic mass is 16.5. The van der Waals surface area contributed by atoms with Gasteiger partial charge in [0.2, 0.25) is 11.8 Å². The van der Waals surface area contributed by atoms with Crippen molar-refractivity contribution in [3.05, 3.63) is 40.9 Å². The molecule has 1 aliphatic heterocycles. The van der Waals surface area contributed by atoms with E-state index in [-0.39, 0.29) is 24.6 Å². The van der Waals surface area contributed by atoms with Crippen molar-refractivity contribution in [1.82, 2.24) is 25.1 Å². The van der Waals surface area contributed by atoms with Gasteiger partial charge in [-0.1, -0.05) is 12.1 Å². The lowest BCUT2D eigenvalue weighted by Crippen LogP contribution is -2.44. The SMILES string of the molecule is O=C(CNC(=O)Cn1cnc2ccccc2c1=O)NCCN1CCOCC1. The van der Waals surface area contributed by atoms with Gasteiger partial charge in [0, 0.05) is 26.2 Å². The van der Waals surface area contributed by atoms with E-state index in [4.69, 9.17) is 4.74 Å². The first-order chi connectivity index (χ1) is 13.1. The Bertz CT molecular complexity index is 860. The molecule has 3 rings (SSSR count). The number of morpholine rings is 1. The number of amides is 2. The molecule has 1 aromatic carbocycles. The predicted molar refractivity (Wildman–Crippen MR) is 99.3 cm³/mol. The minimum Gasteiger partial charge on any atom is -0.379 e. The van der Waals surface area contributed by atoms with Crippen LogP contribution in [0.25, 0.3) is 10.9 Å². The Morgan fingerprint density at radius 1 is 1.11 bits per heavy atom. The van der Waals surface area contributed by atoms with E-state index in [1.807, 2.05) is 0 Å². The molecule has 2 heterocycles. The molecule has 0 saturated carbocycles. The van der Waals surface area contributed by atoms with Crippen LogP contribution in [-0.2, 0) is 20.9 Å². The Balaban J connectivity index is 1.42. The molecule has 0 spiro atoms. The van der Waals surface area contributed by atoms with Gasteiger partial charge in [-0.25, -0.2) is 4.98 Å². The Labute approximate surface area is 156 Å². The van der Waals surface area contributed by atoms with Crippen LogP contribution in [0.15, 0.2) is 35.4 Å². The van der Waals surface area contributed by atoms with Crippen molar-refractivity contribution < 1.29 is 14.3 Å². The summed E-state index contributed by atoms with van der Waals surface area (Å²) in [4.78, 5) is 42.6. The maximum absolute atomic E-state index is 12.3. The summed E-state index contributed by atoms with van der Waals surface area (Å²) in [5.74, 6) is -0.682. The van der Waals surface area contributed by atoms with Crippen molar-refractivity contribution in [2.24, 2.45) is 0 Å². The number of ether oxygens (including phenoxy) is 1. The molecule has 27 heavy (non-hydrogen) atoms. The van der Waals surface area contributed by atoms with E-state index in [1.165, 1.54) is 10.9 Å². The molecule has 0 bridgehead atoms. The number of nitrogens with one attached hydrogen (secondary N) is 2. The molecule has 2 N–H and O–H groups in total. The second kappa shape index (κ2) is 9.24. The summed E-state index contributed by atoms with van der Waals surface area (Å²) in [5, 5.41) is 5.74. The minimum absolute atomic E-state index is 0.127. The summed E-state index contributed by atoms with van der Waals surface area (Å²) in [6.45, 7) is 4.11. The molecule has 9 heteroatoms. The van der Waals surface area contributed by atoms with Gasteiger partial charge in [0.1, 0.15) is 6.54 Å². The van der Waals surface area contributed by atoms with E-state index in [0.717, 1.165) is 19.6 Å². The minimum atomic E-state index is -0.419. The monoisotopic (exact) mass is 373 g/mol. The number of hydrogen-bond donors (Lipinski definition) is 2. The van der Waals surface area contributed by atoms with Gasteiger partial charge < -0.3 is 15.4 Å². The van der Waals surface area contributed by atoms with Crippen molar-refractivity contribution >= 4 is 22.7 Å². The van der Waals surface area contributed by atoms with Crippen LogP contribution in [-0.4, -0.2) is 72.2 Å². The number of benzene rings is 1. The van der Waals surface area contributed by atoms with Crippen molar-refractivity contribution in [3.8, 4) is 0 Å². The molecular formula is C18H23N5O4. The maximum Gasteiger partial charge on any atom is 0.261 e. The van der Waals surface area contributed by atoms with E-state index in [0.29, 0.717) is 30.7 Å². The van der Waals surface area contributed by atoms with Gasteiger partial charge >= 0.3 is 0 Å². The average molecular weight is 373 g/mol. The van der Waals surface area contributed by atoms with Gasteiger partial charge in [-0.05, 0) is 12.1 Å². The summed E-state index contributed by atoms with van der Waals surface area (Å²) in [7, 11) is 0. The highest BCUT2D eigenvalue weighted by Gasteiger charge is 2.11. The molecule has 1 saturated heterocycles. The molecule has 1 aliphatic rings. The standard InChI is InChI=1S/C18H23N5O4/c24-16(19-5-6-22-7-9-27-10-8-22)11-20-17(25)12-23-13-21-15-4-2-1-3-14(15)18(23)26/h1-4,13H,5-12H2,(H,19,24)(H,20,25). The van der Waals surface area contributed by atoms with Crippen LogP contribution in [0.4, 0.5) is 0 Å². The quantitative estimate of drug-likeness (QED) is 0.642. The van der Waals surface area contributed by atoms with E-state index in [1.54, 1.807) is 24.3 Å². The predicted octanol–water partition coefficient (Wildman–Crippen LogP) is -1.04. The smallest absolute Gasteiger partial charge is 0.261 e. The Kier molecular flexibility index (Phi) is 6.50. The number of fused-ring (bicyclic) bond motifs is 1. The molecule has 0 unspecified atom stereocenters. The van der Waals surface area contributed by atoms with Crippen LogP contribution in [0.5, 0.6) is 0 Å². The van der Waals surface area contributed by atoms with Gasteiger partial charge in [0.15, 0.2) is 0 Å². The van der Waals surface area contributed by atoms with Gasteiger partial charge in [0.05, 0.1) is 37.0 Å². The van der Waals surface area contributed by atoms with Gasteiger partial charge in [-0.15, -0.1) is 0 Å². The molecule has 9 nitrogen and oxygen atoms in total. The molecule has 0 aliphatic carbocycles. The third kappa shape index (κ3) is 5.35. The van der Waals surface area contributed by atoms with Crippen LogP contribution >= 0.6 is 0 Å². The first-order valence-corrected chi connectivity index (χ1v) is 8.91. The largest absolute Gasteiger partial charge is 0.379 e. The second-order valence-electron chi connectivity index (χ2n) is 6.28. The fourth-order valence-corrected chi connectivity index (χ4v) is 2.85. The molecule has 0 atom stereocenters. The summed E-state index contributed by atoms with van der Waals surface area (Å²) in [6, 6.07) is 6.95. The van der Waals surface area contributed by atoms with Crippen LogP contribution in [0.2, 0.25) is 0 Å². The zero-order valence-corrected chi connectivity index (χ0v) is 15.0. The highest BCUT2D eigenvalue weighted by Crippen LogP contribution is 2.04. The Hall–Kier alpha value is -2.78. The van der Waals surface area contributed by atoms with E-state index in [9.17, 15) is 14.4 Å². The summed E-state index contributed by atoms with van der Waals surface area (Å²) in [5.41, 5.74) is 0.296. The lowest BCUT2D eigenvalue weighted by Gasteiger charge is -2.26. The second-order valence-corrected chi connectivity index (χ2v) is 6.28. The maximum atomic E-state index is 12.3. The summed E-state index contributed by atoms with van der Waals surface area (Å²) >= 11 is 0. The van der Waals surface area contributed by atoms with Crippen molar-refractivity contribution in [3.63, 3.8) is 0 Å². The van der Waals surface area contributed by atoms with Crippen molar-refractivity contribution in [2.75, 3.05) is 45.9 Å². The highest BCUT2D eigenvalue weighted by molar-refractivity contribution is 5.84. The average Bonchev–Trinajstić information content (AvgIpc) is 2.69. The van der Waals surface area contributed by atoms with Crippen LogP contribution < -0.4 is 16.2 Å². The van der Waals surface area contributed by atoms with Gasteiger partial charge in [-0.3, -0.25) is 23.9 Å². The fraction of sp³-hybridized carbons (Fsp3) is 0.444. The van der Waals surface area contributed by atoms with Gasteiger partial charge in [0.25, 0.3) is 5.56 Å². The number of aromatic nitrogens is 2. The number of carbonyl (C=O) groups excluding carboxylic acids is 2. The molecule has 144 valence electrons. The topological polar surface area (TPSA) is 106 Å². The zero-order chi connectivity index (χ0) is 19.1. The number of hydrogen-bond acceptors (Lipinski definition) is 6. The Morgan fingerprint density at radius 2 is 1.89 bits per heavy atom. The van der Waals surface area contributed by atoms with Crippen LogP contribution in [0.1, 0.15) is 0 Å². The third-order valence-corrected chi connectivity index (χ3v) is 4.35. The molecule has 0 radical (unpaired) electrons. The lowest BCUT2D eigenvalue weighted by atomic mass is 10.2. The fourth-order valence-electron chi connectivity index (χ4n) is 2.85. The zero-order valence-electron chi connectivity index (χ0n) is 15.0. The first-order valence-electron chi connectivity index (χ1n) is 8.91.